The summed E-state index contributed by atoms with van der Waals surface area (Å²) in [6, 6.07) is 8.93. The van der Waals surface area contributed by atoms with Gasteiger partial charge in [-0.15, -0.1) is 0 Å². The first-order valence-electron chi connectivity index (χ1n) is 6.84. The third-order valence-corrected chi connectivity index (χ3v) is 3.04. The summed E-state index contributed by atoms with van der Waals surface area (Å²) in [6.45, 7) is 4.78. The number of amides is 1. The molecule has 110 valence electrons. The second kappa shape index (κ2) is 6.85. The van der Waals surface area contributed by atoms with E-state index in [0.29, 0.717) is 24.4 Å². The van der Waals surface area contributed by atoms with E-state index in [1.807, 2.05) is 32.0 Å². The second-order valence-electron chi connectivity index (χ2n) is 4.60. The summed E-state index contributed by atoms with van der Waals surface area (Å²) in [5, 5.41) is 2.88. The lowest BCUT2D eigenvalue weighted by Gasteiger charge is -2.11. The minimum Gasteiger partial charge on any atom is -0.494 e. The molecule has 5 heteroatoms. The number of rotatable bonds is 5. The van der Waals surface area contributed by atoms with Crippen molar-refractivity contribution in [2.24, 2.45) is 5.73 Å². The minimum absolute atomic E-state index is 0.181. The van der Waals surface area contributed by atoms with Crippen LogP contribution in [0.5, 0.6) is 5.75 Å². The number of aromatic nitrogens is 1. The molecule has 5 nitrogen and oxygen atoms in total. The Kier molecular flexibility index (Phi) is 4.90. The molecule has 0 aliphatic rings. The van der Waals surface area contributed by atoms with Gasteiger partial charge in [0.2, 0.25) is 0 Å². The van der Waals surface area contributed by atoms with Crippen LogP contribution in [0.25, 0.3) is 0 Å². The normalized spacial score (nSPS) is 10.2. The summed E-state index contributed by atoms with van der Waals surface area (Å²) < 4.78 is 5.43. The fraction of sp³-hybridized carbons (Fsp3) is 0.250. The smallest absolute Gasteiger partial charge is 0.255 e. The third kappa shape index (κ3) is 3.79. The fourth-order valence-corrected chi connectivity index (χ4v) is 1.96. The summed E-state index contributed by atoms with van der Waals surface area (Å²) in [7, 11) is 0. The first kappa shape index (κ1) is 15.0. The van der Waals surface area contributed by atoms with Crippen molar-refractivity contribution >= 4 is 11.6 Å². The van der Waals surface area contributed by atoms with Crippen LogP contribution in [0.1, 0.15) is 28.5 Å². The van der Waals surface area contributed by atoms with Gasteiger partial charge in [0.05, 0.1) is 12.3 Å². The Morgan fingerprint density at radius 1 is 1.33 bits per heavy atom. The standard InChI is InChI=1S/C16H19N3O2/c1-3-21-14-4-5-15(11(2)8-14)19-16(20)12-6-7-18-13(9-12)10-17/h4-9H,3,10,17H2,1-2H3,(H,19,20). The van der Waals surface area contributed by atoms with E-state index in [1.54, 1.807) is 18.3 Å². The van der Waals surface area contributed by atoms with Crippen molar-refractivity contribution in [3.63, 3.8) is 0 Å². The molecule has 1 aromatic carbocycles. The molecule has 0 saturated heterocycles. The molecule has 1 heterocycles. The number of hydrogen-bond acceptors (Lipinski definition) is 4. The van der Waals surface area contributed by atoms with Gasteiger partial charge in [-0.1, -0.05) is 0 Å². The van der Waals surface area contributed by atoms with Gasteiger partial charge in [-0.25, -0.2) is 0 Å². The number of aryl methyl sites for hydroxylation is 1. The molecule has 0 unspecified atom stereocenters. The number of nitrogens with one attached hydrogen (secondary N) is 1. The predicted molar refractivity (Wildman–Crippen MR) is 82.4 cm³/mol. The van der Waals surface area contributed by atoms with Crippen LogP contribution in [0.4, 0.5) is 5.69 Å². The van der Waals surface area contributed by atoms with Gasteiger partial charge >= 0.3 is 0 Å². The summed E-state index contributed by atoms with van der Waals surface area (Å²) in [4.78, 5) is 16.3. The van der Waals surface area contributed by atoms with E-state index < -0.39 is 0 Å². The zero-order valence-corrected chi connectivity index (χ0v) is 12.2. The molecule has 3 N–H and O–H groups in total. The Hall–Kier alpha value is -2.40. The highest BCUT2D eigenvalue weighted by Gasteiger charge is 2.09. The van der Waals surface area contributed by atoms with Crippen molar-refractivity contribution in [1.29, 1.82) is 0 Å². The zero-order chi connectivity index (χ0) is 15.2. The van der Waals surface area contributed by atoms with Gasteiger partial charge in [-0.2, -0.15) is 0 Å². The Morgan fingerprint density at radius 2 is 2.14 bits per heavy atom. The number of pyridine rings is 1. The topological polar surface area (TPSA) is 77.2 Å². The highest BCUT2D eigenvalue weighted by atomic mass is 16.5. The maximum Gasteiger partial charge on any atom is 0.255 e. The molecule has 0 radical (unpaired) electrons. The number of nitrogens with two attached hydrogens (primary N) is 1. The van der Waals surface area contributed by atoms with Crippen LogP contribution >= 0.6 is 0 Å². The Morgan fingerprint density at radius 3 is 2.81 bits per heavy atom. The number of carbonyl (C=O) groups is 1. The van der Waals surface area contributed by atoms with Crippen LogP contribution in [0.2, 0.25) is 0 Å². The maximum atomic E-state index is 12.2. The molecule has 0 spiro atoms. The second-order valence-corrected chi connectivity index (χ2v) is 4.60. The van der Waals surface area contributed by atoms with E-state index in [0.717, 1.165) is 17.0 Å². The molecule has 1 aromatic heterocycles. The fourth-order valence-electron chi connectivity index (χ4n) is 1.96. The molecule has 0 fully saturated rings. The minimum atomic E-state index is -0.181. The molecule has 2 rings (SSSR count). The first-order valence-corrected chi connectivity index (χ1v) is 6.84. The van der Waals surface area contributed by atoms with Gasteiger partial charge in [0.25, 0.3) is 5.91 Å². The maximum absolute atomic E-state index is 12.2. The summed E-state index contributed by atoms with van der Waals surface area (Å²) in [5.41, 5.74) is 8.46. The van der Waals surface area contributed by atoms with Gasteiger partial charge in [0, 0.05) is 24.0 Å². The van der Waals surface area contributed by atoms with Crippen molar-refractivity contribution in [3.8, 4) is 5.75 Å². The predicted octanol–water partition coefficient (Wildman–Crippen LogP) is 2.50. The van der Waals surface area contributed by atoms with E-state index in [2.05, 4.69) is 10.3 Å². The Labute approximate surface area is 124 Å². The number of anilines is 1. The third-order valence-electron chi connectivity index (χ3n) is 3.04. The van der Waals surface area contributed by atoms with Crippen LogP contribution in [-0.4, -0.2) is 17.5 Å². The number of carbonyl (C=O) groups excluding carboxylic acids is 1. The zero-order valence-electron chi connectivity index (χ0n) is 12.2. The largest absolute Gasteiger partial charge is 0.494 e. The quantitative estimate of drug-likeness (QED) is 0.885. The molecule has 1 amide bonds. The molecule has 0 saturated carbocycles. The number of nitrogens with zero attached hydrogens (tertiary/aromatic N) is 1. The van der Waals surface area contributed by atoms with Gasteiger partial charge in [-0.3, -0.25) is 9.78 Å². The van der Waals surface area contributed by atoms with Crippen molar-refractivity contribution in [2.45, 2.75) is 20.4 Å². The van der Waals surface area contributed by atoms with Crippen molar-refractivity contribution in [1.82, 2.24) is 4.98 Å². The molecule has 0 bridgehead atoms. The van der Waals surface area contributed by atoms with Crippen molar-refractivity contribution < 1.29 is 9.53 Å². The van der Waals surface area contributed by atoms with Crippen LogP contribution in [0, 0.1) is 6.92 Å². The Balaban J connectivity index is 2.15. The molecule has 2 aromatic rings. The molecular weight excluding hydrogens is 266 g/mol. The molecule has 21 heavy (non-hydrogen) atoms. The number of benzene rings is 1. The van der Waals surface area contributed by atoms with E-state index in [1.165, 1.54) is 0 Å². The summed E-state index contributed by atoms with van der Waals surface area (Å²) >= 11 is 0. The van der Waals surface area contributed by atoms with Crippen LogP contribution in [-0.2, 0) is 6.54 Å². The van der Waals surface area contributed by atoms with Crippen molar-refractivity contribution in [2.75, 3.05) is 11.9 Å². The van der Waals surface area contributed by atoms with Gasteiger partial charge in [-0.05, 0) is 49.7 Å². The lowest BCUT2D eigenvalue weighted by atomic mass is 10.1. The van der Waals surface area contributed by atoms with E-state index in [4.69, 9.17) is 10.5 Å². The van der Waals surface area contributed by atoms with Crippen LogP contribution < -0.4 is 15.8 Å². The van der Waals surface area contributed by atoms with E-state index in [9.17, 15) is 4.79 Å². The molecule has 0 atom stereocenters. The van der Waals surface area contributed by atoms with Crippen molar-refractivity contribution in [3.05, 3.63) is 53.3 Å². The first-order chi connectivity index (χ1) is 10.1. The monoisotopic (exact) mass is 285 g/mol. The van der Waals surface area contributed by atoms with Gasteiger partial charge in [0.15, 0.2) is 0 Å². The lowest BCUT2D eigenvalue weighted by Crippen LogP contribution is -2.14. The van der Waals surface area contributed by atoms with E-state index >= 15 is 0 Å². The molecule has 0 aliphatic heterocycles. The van der Waals surface area contributed by atoms with Crippen LogP contribution in [0.15, 0.2) is 36.5 Å². The van der Waals surface area contributed by atoms with E-state index in [-0.39, 0.29) is 5.91 Å². The van der Waals surface area contributed by atoms with Gasteiger partial charge in [0.1, 0.15) is 5.75 Å². The molecule has 0 aliphatic carbocycles. The summed E-state index contributed by atoms with van der Waals surface area (Å²) in [5.74, 6) is 0.613. The van der Waals surface area contributed by atoms with Crippen LogP contribution in [0.3, 0.4) is 0 Å². The summed E-state index contributed by atoms with van der Waals surface area (Å²) in [6.07, 6.45) is 1.59. The SMILES string of the molecule is CCOc1ccc(NC(=O)c2ccnc(CN)c2)c(C)c1. The number of hydrogen-bond donors (Lipinski definition) is 2. The highest BCUT2D eigenvalue weighted by molar-refractivity contribution is 6.04. The average molecular weight is 285 g/mol. The highest BCUT2D eigenvalue weighted by Crippen LogP contribution is 2.22. The molecular formula is C16H19N3O2. The lowest BCUT2D eigenvalue weighted by molar-refractivity contribution is 0.102. The average Bonchev–Trinajstić information content (AvgIpc) is 2.50. The number of ether oxygens (including phenoxy) is 1. The Bertz CT molecular complexity index is 641. The van der Waals surface area contributed by atoms with Gasteiger partial charge < -0.3 is 15.8 Å².